The van der Waals surface area contributed by atoms with Gasteiger partial charge in [-0.3, -0.25) is 15.5 Å². The molecule has 2 atom stereocenters. The number of nitrogens with two attached hydrogens (primary N) is 1. The third kappa shape index (κ3) is 3.51. The normalized spacial score (nSPS) is 14.1. The Labute approximate surface area is 102 Å². The van der Waals surface area contributed by atoms with Crippen LogP contribution in [0.1, 0.15) is 13.8 Å². The fourth-order valence-electron chi connectivity index (χ4n) is 0.916. The van der Waals surface area contributed by atoms with Crippen LogP contribution in [0, 0.1) is 10.1 Å². The predicted octanol–water partition coefficient (Wildman–Crippen LogP) is 0.532. The zero-order valence-corrected chi connectivity index (χ0v) is 10.1. The fourth-order valence-corrected chi connectivity index (χ4v) is 1.85. The topological polar surface area (TPSA) is 127 Å². The number of nitrogens with zero attached hydrogens (tertiary/aromatic N) is 3. The summed E-state index contributed by atoms with van der Waals surface area (Å²) >= 11 is 1.10. The number of hydrogen-bond donors (Lipinski definition) is 3. The molecule has 8 nitrogen and oxygen atoms in total. The minimum absolute atomic E-state index is 0.0934. The van der Waals surface area contributed by atoms with Gasteiger partial charge >= 0.3 is 5.69 Å². The third-order valence-electron chi connectivity index (χ3n) is 2.04. The number of aliphatic hydroxyl groups excluding tert-OH is 1. The van der Waals surface area contributed by atoms with Gasteiger partial charge in [-0.25, -0.2) is 10.8 Å². The lowest BCUT2D eigenvalue weighted by Gasteiger charge is -2.13. The number of nitrogen functional groups attached to an aromatic ring is 1. The Kier molecular flexibility index (Phi) is 4.61. The lowest BCUT2D eigenvalue weighted by molar-refractivity contribution is -0.388. The first-order valence-electron chi connectivity index (χ1n) is 4.78. The van der Waals surface area contributed by atoms with E-state index >= 15 is 0 Å². The molecule has 17 heavy (non-hydrogen) atoms. The summed E-state index contributed by atoms with van der Waals surface area (Å²) in [7, 11) is 0. The summed E-state index contributed by atoms with van der Waals surface area (Å²) < 4.78 is 0. The zero-order chi connectivity index (χ0) is 13.0. The second-order valence-electron chi connectivity index (χ2n) is 3.35. The molecule has 1 aromatic rings. The number of nitro groups is 1. The molecule has 1 aromatic heterocycles. The second-order valence-corrected chi connectivity index (χ2v) is 4.71. The van der Waals surface area contributed by atoms with Crippen LogP contribution in [0.15, 0.2) is 11.2 Å². The van der Waals surface area contributed by atoms with E-state index in [1.807, 2.05) is 0 Å². The van der Waals surface area contributed by atoms with Gasteiger partial charge in [0.2, 0.25) is 5.95 Å². The molecular formula is C8H13N5O3S. The molecule has 0 aliphatic carbocycles. The van der Waals surface area contributed by atoms with Gasteiger partial charge in [-0.15, -0.1) is 0 Å². The zero-order valence-electron chi connectivity index (χ0n) is 9.32. The highest BCUT2D eigenvalue weighted by Gasteiger charge is 2.21. The van der Waals surface area contributed by atoms with E-state index in [-0.39, 0.29) is 21.9 Å². The maximum Gasteiger partial charge on any atom is 0.319 e. The van der Waals surface area contributed by atoms with Crippen LogP contribution in [0.25, 0.3) is 0 Å². The van der Waals surface area contributed by atoms with Crippen molar-refractivity contribution in [1.29, 1.82) is 0 Å². The number of anilines is 1. The highest BCUT2D eigenvalue weighted by Crippen LogP contribution is 2.31. The van der Waals surface area contributed by atoms with Gasteiger partial charge in [0.05, 0.1) is 11.0 Å². The van der Waals surface area contributed by atoms with Crippen molar-refractivity contribution in [2.75, 3.05) is 5.43 Å². The minimum Gasteiger partial charge on any atom is -0.392 e. The molecule has 0 radical (unpaired) electrons. The van der Waals surface area contributed by atoms with Gasteiger partial charge < -0.3 is 5.11 Å². The molecule has 0 bridgehead atoms. The standard InChI is InChI=1S/C8H13N5O3S/c1-4(14)5(2)17-7-6(13(15)16)3-10-8(11-7)12-9/h3-5,14H,9H2,1-2H3,(H,10,11,12). The molecule has 0 aliphatic heterocycles. The van der Waals surface area contributed by atoms with Crippen LogP contribution in [0.3, 0.4) is 0 Å². The lowest BCUT2D eigenvalue weighted by Crippen LogP contribution is -2.16. The van der Waals surface area contributed by atoms with Crippen molar-refractivity contribution in [1.82, 2.24) is 9.97 Å². The molecule has 0 saturated carbocycles. The highest BCUT2D eigenvalue weighted by molar-refractivity contribution is 8.00. The van der Waals surface area contributed by atoms with Crippen molar-refractivity contribution < 1.29 is 10.0 Å². The molecular weight excluding hydrogens is 246 g/mol. The Morgan fingerprint density at radius 2 is 2.29 bits per heavy atom. The minimum atomic E-state index is -0.608. The summed E-state index contributed by atoms with van der Waals surface area (Å²) in [6.07, 6.45) is 0.475. The summed E-state index contributed by atoms with van der Waals surface area (Å²) in [5.74, 6) is 5.23. The summed E-state index contributed by atoms with van der Waals surface area (Å²) in [6, 6.07) is 0. The molecule has 9 heteroatoms. The molecule has 2 unspecified atom stereocenters. The van der Waals surface area contributed by atoms with Crippen LogP contribution in [0.2, 0.25) is 0 Å². The van der Waals surface area contributed by atoms with Crippen molar-refractivity contribution in [2.24, 2.45) is 5.84 Å². The van der Waals surface area contributed by atoms with Gasteiger partial charge in [-0.1, -0.05) is 18.7 Å². The van der Waals surface area contributed by atoms with Crippen molar-refractivity contribution in [2.45, 2.75) is 30.2 Å². The molecule has 0 amide bonds. The van der Waals surface area contributed by atoms with Gasteiger partial charge in [0.1, 0.15) is 6.20 Å². The van der Waals surface area contributed by atoms with Gasteiger partial charge in [-0.05, 0) is 6.92 Å². The van der Waals surface area contributed by atoms with E-state index in [1.165, 1.54) is 0 Å². The quantitative estimate of drug-likeness (QED) is 0.230. The van der Waals surface area contributed by atoms with E-state index in [2.05, 4.69) is 15.4 Å². The first-order chi connectivity index (χ1) is 7.95. The van der Waals surface area contributed by atoms with Crippen LogP contribution < -0.4 is 11.3 Å². The lowest BCUT2D eigenvalue weighted by atomic mass is 10.3. The average molecular weight is 259 g/mol. The molecule has 1 rings (SSSR count). The molecule has 1 heterocycles. The molecule has 0 aliphatic rings. The van der Waals surface area contributed by atoms with Crippen molar-refractivity contribution in [3.05, 3.63) is 16.3 Å². The second kappa shape index (κ2) is 5.75. The average Bonchev–Trinajstić information content (AvgIpc) is 2.28. The number of hydrazine groups is 1. The SMILES string of the molecule is CC(O)C(C)Sc1nc(NN)ncc1[N+](=O)[O-]. The van der Waals surface area contributed by atoms with Crippen LogP contribution >= 0.6 is 11.8 Å². The van der Waals surface area contributed by atoms with E-state index in [1.54, 1.807) is 13.8 Å². The smallest absolute Gasteiger partial charge is 0.319 e. The number of hydrogen-bond acceptors (Lipinski definition) is 8. The Morgan fingerprint density at radius 1 is 1.65 bits per heavy atom. The largest absolute Gasteiger partial charge is 0.392 e. The van der Waals surface area contributed by atoms with Gasteiger partial charge in [-0.2, -0.15) is 4.98 Å². The van der Waals surface area contributed by atoms with Crippen molar-refractivity contribution in [3.8, 4) is 0 Å². The molecule has 0 aromatic carbocycles. The first-order valence-corrected chi connectivity index (χ1v) is 5.66. The summed E-state index contributed by atoms with van der Waals surface area (Å²) in [6.45, 7) is 3.35. The maximum atomic E-state index is 10.8. The van der Waals surface area contributed by atoms with E-state index in [9.17, 15) is 15.2 Å². The Morgan fingerprint density at radius 3 is 2.76 bits per heavy atom. The van der Waals surface area contributed by atoms with Gasteiger partial charge in [0.15, 0.2) is 5.03 Å². The summed E-state index contributed by atoms with van der Waals surface area (Å²) in [5, 5.41) is 20.1. The number of nitrogens with one attached hydrogen (secondary N) is 1. The number of aliphatic hydroxyl groups is 1. The Bertz CT molecular complexity index is 414. The number of rotatable bonds is 5. The van der Waals surface area contributed by atoms with Gasteiger partial charge in [0, 0.05) is 5.25 Å². The van der Waals surface area contributed by atoms with Crippen LogP contribution in [-0.2, 0) is 0 Å². The summed E-state index contributed by atoms with van der Waals surface area (Å²) in [4.78, 5) is 17.8. The van der Waals surface area contributed by atoms with E-state index in [4.69, 9.17) is 5.84 Å². The molecule has 4 N–H and O–H groups in total. The van der Waals surface area contributed by atoms with Crippen LogP contribution in [0.4, 0.5) is 11.6 Å². The number of aromatic nitrogens is 2. The number of thioether (sulfide) groups is 1. The van der Waals surface area contributed by atoms with E-state index in [0.29, 0.717) is 0 Å². The van der Waals surface area contributed by atoms with Crippen LogP contribution in [-0.4, -0.2) is 31.4 Å². The third-order valence-corrected chi connectivity index (χ3v) is 3.33. The maximum absolute atomic E-state index is 10.8. The van der Waals surface area contributed by atoms with Crippen LogP contribution in [0.5, 0.6) is 0 Å². The molecule has 0 spiro atoms. The first kappa shape index (κ1) is 13.6. The van der Waals surface area contributed by atoms with Crippen molar-refractivity contribution in [3.63, 3.8) is 0 Å². The molecule has 94 valence electrons. The summed E-state index contributed by atoms with van der Waals surface area (Å²) in [5.41, 5.74) is 2.01. The highest BCUT2D eigenvalue weighted by atomic mass is 32.2. The Hall–Kier alpha value is -1.45. The van der Waals surface area contributed by atoms with E-state index in [0.717, 1.165) is 18.0 Å². The molecule has 0 saturated heterocycles. The van der Waals surface area contributed by atoms with Gasteiger partial charge in [0.25, 0.3) is 0 Å². The van der Waals surface area contributed by atoms with E-state index < -0.39 is 11.0 Å². The van der Waals surface area contributed by atoms with Crippen molar-refractivity contribution >= 4 is 23.4 Å². The molecule has 0 fully saturated rings. The Balaban J connectivity index is 3.05. The predicted molar refractivity (Wildman–Crippen MR) is 63.5 cm³/mol. The monoisotopic (exact) mass is 259 g/mol. The fraction of sp³-hybridized carbons (Fsp3) is 0.500.